The first-order valence-corrected chi connectivity index (χ1v) is 7.88. The van der Waals surface area contributed by atoms with Crippen molar-refractivity contribution in [1.29, 1.82) is 0 Å². The van der Waals surface area contributed by atoms with Gasteiger partial charge < -0.3 is 20.1 Å². The lowest BCUT2D eigenvalue weighted by atomic mass is 10.2. The van der Waals surface area contributed by atoms with E-state index in [2.05, 4.69) is 0 Å². The van der Waals surface area contributed by atoms with Gasteiger partial charge in [0.1, 0.15) is 10.6 Å². The summed E-state index contributed by atoms with van der Waals surface area (Å²) >= 11 is 1.37. The number of rotatable bonds is 6. The summed E-state index contributed by atoms with van der Waals surface area (Å²) < 4.78 is 10.9. The molecule has 0 aromatic carbocycles. The van der Waals surface area contributed by atoms with E-state index < -0.39 is 0 Å². The van der Waals surface area contributed by atoms with Crippen LogP contribution in [-0.4, -0.2) is 74.7 Å². The Morgan fingerprint density at radius 3 is 3.05 bits per heavy atom. The molecule has 1 fully saturated rings. The van der Waals surface area contributed by atoms with E-state index in [1.54, 1.807) is 30.0 Å². The van der Waals surface area contributed by atoms with Gasteiger partial charge in [0.15, 0.2) is 0 Å². The van der Waals surface area contributed by atoms with Crippen molar-refractivity contribution in [2.24, 2.45) is 5.73 Å². The third-order valence-electron chi connectivity index (χ3n) is 3.41. The van der Waals surface area contributed by atoms with Gasteiger partial charge in [-0.3, -0.25) is 14.5 Å². The summed E-state index contributed by atoms with van der Waals surface area (Å²) in [6, 6.07) is 1.79. The standard InChI is InChI=1S/C14H21N3O4S/c1-16(9-12(15)18)7-10-8-17(4-5-21-10)14(19)13-11(20-2)3-6-22-13/h3,6,10H,4-5,7-9H2,1-2H3,(H2,15,18). The number of nitrogens with zero attached hydrogens (tertiary/aromatic N) is 2. The molecule has 0 spiro atoms. The van der Waals surface area contributed by atoms with Gasteiger partial charge in [-0.2, -0.15) is 0 Å². The topological polar surface area (TPSA) is 85.1 Å². The summed E-state index contributed by atoms with van der Waals surface area (Å²) in [4.78, 5) is 27.6. The van der Waals surface area contributed by atoms with Gasteiger partial charge in [0.05, 0.1) is 26.4 Å². The first kappa shape index (κ1) is 16.7. The van der Waals surface area contributed by atoms with Crippen LogP contribution in [0.5, 0.6) is 5.75 Å². The van der Waals surface area contributed by atoms with E-state index in [0.29, 0.717) is 36.9 Å². The Bertz CT molecular complexity index is 534. The number of amides is 2. The monoisotopic (exact) mass is 327 g/mol. The van der Waals surface area contributed by atoms with Crippen LogP contribution in [0, 0.1) is 0 Å². The van der Waals surface area contributed by atoms with Crippen LogP contribution in [0.1, 0.15) is 9.67 Å². The number of methoxy groups -OCH3 is 1. The predicted molar refractivity (Wildman–Crippen MR) is 83.2 cm³/mol. The van der Waals surface area contributed by atoms with Crippen LogP contribution in [0.15, 0.2) is 11.4 Å². The zero-order valence-electron chi connectivity index (χ0n) is 12.8. The number of hydrogen-bond donors (Lipinski definition) is 1. The normalized spacial score (nSPS) is 18.5. The molecule has 1 atom stereocenters. The van der Waals surface area contributed by atoms with Gasteiger partial charge in [-0.25, -0.2) is 0 Å². The van der Waals surface area contributed by atoms with Crippen molar-refractivity contribution in [2.45, 2.75) is 6.10 Å². The smallest absolute Gasteiger partial charge is 0.267 e. The minimum atomic E-state index is -0.380. The lowest BCUT2D eigenvalue weighted by Crippen LogP contribution is -2.49. The van der Waals surface area contributed by atoms with Crippen molar-refractivity contribution in [3.8, 4) is 5.75 Å². The number of thiophene rings is 1. The number of hydrogen-bond acceptors (Lipinski definition) is 6. The molecule has 1 aromatic heterocycles. The molecule has 22 heavy (non-hydrogen) atoms. The molecular weight excluding hydrogens is 306 g/mol. The van der Waals surface area contributed by atoms with Gasteiger partial charge in [-0.1, -0.05) is 0 Å². The summed E-state index contributed by atoms with van der Waals surface area (Å²) in [5.41, 5.74) is 5.17. The number of morpholine rings is 1. The van der Waals surface area contributed by atoms with Crippen LogP contribution < -0.4 is 10.5 Å². The molecule has 122 valence electrons. The number of carbonyl (C=O) groups is 2. The van der Waals surface area contributed by atoms with E-state index in [4.69, 9.17) is 15.2 Å². The second-order valence-electron chi connectivity index (χ2n) is 5.23. The first-order valence-electron chi connectivity index (χ1n) is 7.00. The maximum absolute atomic E-state index is 12.6. The van der Waals surface area contributed by atoms with Crippen LogP contribution in [0.2, 0.25) is 0 Å². The molecule has 1 aromatic rings. The van der Waals surface area contributed by atoms with E-state index in [0.717, 1.165) is 0 Å². The third kappa shape index (κ3) is 4.19. The van der Waals surface area contributed by atoms with Gasteiger partial charge in [-0.05, 0) is 18.5 Å². The van der Waals surface area contributed by atoms with Crippen molar-refractivity contribution in [3.63, 3.8) is 0 Å². The Hall–Kier alpha value is -1.64. The lowest BCUT2D eigenvalue weighted by Gasteiger charge is -2.34. The molecule has 2 N–H and O–H groups in total. The highest BCUT2D eigenvalue weighted by atomic mass is 32.1. The summed E-state index contributed by atoms with van der Waals surface area (Å²) in [6.45, 7) is 2.24. The van der Waals surface area contributed by atoms with Crippen LogP contribution in [0.25, 0.3) is 0 Å². The van der Waals surface area contributed by atoms with E-state index in [9.17, 15) is 9.59 Å². The van der Waals surface area contributed by atoms with E-state index in [-0.39, 0.29) is 24.5 Å². The number of primary amides is 1. The molecule has 8 heteroatoms. The van der Waals surface area contributed by atoms with Crippen LogP contribution >= 0.6 is 11.3 Å². The highest BCUT2D eigenvalue weighted by Crippen LogP contribution is 2.26. The van der Waals surface area contributed by atoms with E-state index in [1.165, 1.54) is 11.3 Å². The molecule has 1 unspecified atom stereocenters. The van der Waals surface area contributed by atoms with Gasteiger partial charge in [0, 0.05) is 19.6 Å². The molecule has 1 aliphatic rings. The molecule has 1 aliphatic heterocycles. The largest absolute Gasteiger partial charge is 0.495 e. The Kier molecular flexibility index (Phi) is 5.76. The second-order valence-corrected chi connectivity index (χ2v) is 6.14. The molecule has 0 saturated carbocycles. The number of ether oxygens (including phenoxy) is 2. The van der Waals surface area contributed by atoms with Crippen molar-refractivity contribution in [1.82, 2.24) is 9.80 Å². The SMILES string of the molecule is COc1ccsc1C(=O)N1CCOC(CN(C)CC(N)=O)C1. The fourth-order valence-electron chi connectivity index (χ4n) is 2.45. The molecule has 7 nitrogen and oxygen atoms in total. The molecule has 0 aliphatic carbocycles. The fraction of sp³-hybridized carbons (Fsp3) is 0.571. The average Bonchev–Trinajstić information content (AvgIpc) is 2.94. The second kappa shape index (κ2) is 7.57. The van der Waals surface area contributed by atoms with Crippen LogP contribution in [0.3, 0.4) is 0 Å². The van der Waals surface area contributed by atoms with Crippen molar-refractivity contribution in [3.05, 3.63) is 16.3 Å². The molecule has 1 saturated heterocycles. The van der Waals surface area contributed by atoms with Crippen molar-refractivity contribution >= 4 is 23.2 Å². The minimum absolute atomic E-state index is 0.0438. The molecule has 2 heterocycles. The highest BCUT2D eigenvalue weighted by Gasteiger charge is 2.28. The maximum Gasteiger partial charge on any atom is 0.267 e. The van der Waals surface area contributed by atoms with Crippen LogP contribution in [-0.2, 0) is 9.53 Å². The van der Waals surface area contributed by atoms with Gasteiger partial charge in [0.2, 0.25) is 5.91 Å². The molecule has 2 amide bonds. The van der Waals surface area contributed by atoms with Crippen molar-refractivity contribution < 1.29 is 19.1 Å². The Labute approximate surface area is 133 Å². The predicted octanol–water partition coefficient (Wildman–Crippen LogP) is 0.0148. The lowest BCUT2D eigenvalue weighted by molar-refractivity contribution is -0.119. The Morgan fingerprint density at radius 1 is 1.59 bits per heavy atom. The minimum Gasteiger partial charge on any atom is -0.495 e. The van der Waals surface area contributed by atoms with Gasteiger partial charge >= 0.3 is 0 Å². The quantitative estimate of drug-likeness (QED) is 0.796. The molecular formula is C14H21N3O4S. The highest BCUT2D eigenvalue weighted by molar-refractivity contribution is 7.12. The van der Waals surface area contributed by atoms with Crippen molar-refractivity contribution in [2.75, 3.05) is 46.9 Å². The number of nitrogens with two attached hydrogens (primary N) is 1. The van der Waals surface area contributed by atoms with Gasteiger partial charge in [-0.15, -0.1) is 11.3 Å². The summed E-state index contributed by atoms with van der Waals surface area (Å²) in [5, 5.41) is 1.84. The Balaban J connectivity index is 1.95. The fourth-order valence-corrected chi connectivity index (χ4v) is 3.28. The molecule has 0 radical (unpaired) electrons. The first-order chi connectivity index (χ1) is 10.5. The van der Waals surface area contributed by atoms with E-state index >= 15 is 0 Å². The summed E-state index contributed by atoms with van der Waals surface area (Å²) in [7, 11) is 3.36. The van der Waals surface area contributed by atoms with Crippen LogP contribution in [0.4, 0.5) is 0 Å². The number of carbonyl (C=O) groups excluding carboxylic acids is 2. The third-order valence-corrected chi connectivity index (χ3v) is 4.29. The zero-order valence-corrected chi connectivity index (χ0v) is 13.6. The molecule has 0 bridgehead atoms. The zero-order chi connectivity index (χ0) is 16.1. The summed E-state index contributed by atoms with van der Waals surface area (Å²) in [6.07, 6.45) is -0.131. The molecule has 2 rings (SSSR count). The van der Waals surface area contributed by atoms with Gasteiger partial charge in [0.25, 0.3) is 5.91 Å². The van der Waals surface area contributed by atoms with E-state index in [1.807, 2.05) is 5.38 Å². The Morgan fingerprint density at radius 2 is 2.36 bits per heavy atom. The average molecular weight is 327 g/mol. The number of likely N-dealkylation sites (N-methyl/N-ethyl adjacent to an activating group) is 1. The maximum atomic E-state index is 12.6. The summed E-state index contributed by atoms with van der Waals surface area (Å²) in [5.74, 6) is 0.177.